The molecule has 0 aliphatic rings. The van der Waals surface area contributed by atoms with Gasteiger partial charge in [-0.2, -0.15) is 0 Å². The highest BCUT2D eigenvalue weighted by atomic mass is 35.5. The van der Waals surface area contributed by atoms with Crippen molar-refractivity contribution < 1.29 is 0 Å². The lowest BCUT2D eigenvalue weighted by Crippen LogP contribution is -1.88. The van der Waals surface area contributed by atoms with Gasteiger partial charge in [0, 0.05) is 10.8 Å². The van der Waals surface area contributed by atoms with Crippen molar-refractivity contribution in [3.8, 4) is 0 Å². The highest BCUT2D eigenvalue weighted by molar-refractivity contribution is 6.55. The molecular formula is C13H3Cl6N. The van der Waals surface area contributed by atoms with E-state index in [1.165, 1.54) is 0 Å². The molecule has 0 aliphatic heterocycles. The van der Waals surface area contributed by atoms with Gasteiger partial charge < -0.3 is 0 Å². The van der Waals surface area contributed by atoms with Crippen molar-refractivity contribution in [2.75, 3.05) is 0 Å². The van der Waals surface area contributed by atoms with Gasteiger partial charge in [0.05, 0.1) is 41.2 Å². The van der Waals surface area contributed by atoms with Crippen LogP contribution < -0.4 is 0 Å². The Morgan fingerprint density at radius 1 is 0.650 bits per heavy atom. The Kier molecular flexibility index (Phi) is 3.87. The summed E-state index contributed by atoms with van der Waals surface area (Å²) in [7, 11) is 0. The van der Waals surface area contributed by atoms with E-state index in [1.54, 1.807) is 18.2 Å². The van der Waals surface area contributed by atoms with Crippen molar-refractivity contribution in [3.05, 3.63) is 48.3 Å². The van der Waals surface area contributed by atoms with Gasteiger partial charge in [-0.25, -0.2) is 4.98 Å². The molecule has 102 valence electrons. The molecule has 3 rings (SSSR count). The van der Waals surface area contributed by atoms with Crippen LogP contribution in [0.15, 0.2) is 18.2 Å². The maximum absolute atomic E-state index is 6.20. The molecule has 0 N–H and O–H groups in total. The number of fused-ring (bicyclic) bond motifs is 2. The van der Waals surface area contributed by atoms with Gasteiger partial charge in [0.2, 0.25) is 0 Å². The lowest BCUT2D eigenvalue weighted by Gasteiger charge is -2.10. The second-order valence-electron chi connectivity index (χ2n) is 4.07. The largest absolute Gasteiger partial charge is 0.244 e. The summed E-state index contributed by atoms with van der Waals surface area (Å²) in [5, 5.41) is 3.05. The summed E-state index contributed by atoms with van der Waals surface area (Å²) in [6.45, 7) is 0. The molecule has 0 saturated heterocycles. The Morgan fingerprint density at radius 2 is 1.30 bits per heavy atom. The topological polar surface area (TPSA) is 12.9 Å². The number of halogens is 6. The SMILES string of the molecule is Clc1ccc2cc3c(Cl)c(Cl)c(Cl)c(Cl)c3nc2c1Cl. The van der Waals surface area contributed by atoms with Crippen molar-refractivity contribution in [2.45, 2.75) is 0 Å². The average molecular weight is 386 g/mol. The van der Waals surface area contributed by atoms with Gasteiger partial charge in [0.1, 0.15) is 0 Å². The zero-order valence-electron chi connectivity index (χ0n) is 9.45. The average Bonchev–Trinajstić information content (AvgIpc) is 2.45. The Bertz CT molecular complexity index is 874. The van der Waals surface area contributed by atoms with Crippen LogP contribution >= 0.6 is 69.6 Å². The predicted molar refractivity (Wildman–Crippen MR) is 89.3 cm³/mol. The lowest BCUT2D eigenvalue weighted by atomic mass is 10.1. The first kappa shape index (κ1) is 14.8. The van der Waals surface area contributed by atoms with Crippen LogP contribution in [0.3, 0.4) is 0 Å². The fourth-order valence-corrected chi connectivity index (χ4v) is 3.25. The van der Waals surface area contributed by atoms with E-state index in [0.717, 1.165) is 5.39 Å². The van der Waals surface area contributed by atoms with Gasteiger partial charge in [-0.3, -0.25) is 0 Å². The third kappa shape index (κ3) is 2.12. The van der Waals surface area contributed by atoms with E-state index in [0.29, 0.717) is 31.5 Å². The Morgan fingerprint density at radius 3 is 2.00 bits per heavy atom. The maximum atomic E-state index is 6.20. The molecule has 0 fully saturated rings. The van der Waals surface area contributed by atoms with Crippen LogP contribution in [-0.4, -0.2) is 4.98 Å². The number of rotatable bonds is 0. The van der Waals surface area contributed by atoms with Crippen LogP contribution in [0, 0.1) is 0 Å². The van der Waals surface area contributed by atoms with Gasteiger partial charge in [-0.1, -0.05) is 75.7 Å². The summed E-state index contributed by atoms with van der Waals surface area (Å²) in [6.07, 6.45) is 0. The summed E-state index contributed by atoms with van der Waals surface area (Å²) in [4.78, 5) is 4.42. The quantitative estimate of drug-likeness (QED) is 0.224. The van der Waals surface area contributed by atoms with Crippen molar-refractivity contribution in [3.63, 3.8) is 0 Å². The minimum absolute atomic E-state index is 0.163. The molecule has 2 aromatic carbocycles. The fourth-order valence-electron chi connectivity index (χ4n) is 1.93. The van der Waals surface area contributed by atoms with E-state index < -0.39 is 0 Å². The van der Waals surface area contributed by atoms with Gasteiger partial charge in [-0.05, 0) is 12.1 Å². The third-order valence-electron chi connectivity index (χ3n) is 2.90. The number of pyridine rings is 1. The molecule has 1 aromatic heterocycles. The highest BCUT2D eigenvalue weighted by Gasteiger charge is 2.17. The molecule has 1 heterocycles. The number of hydrogen-bond donors (Lipinski definition) is 0. The monoisotopic (exact) mass is 383 g/mol. The van der Waals surface area contributed by atoms with Crippen molar-refractivity contribution in [1.29, 1.82) is 0 Å². The molecule has 3 aromatic rings. The van der Waals surface area contributed by atoms with Gasteiger partial charge in [0.15, 0.2) is 0 Å². The molecule has 0 saturated carbocycles. The van der Waals surface area contributed by atoms with E-state index in [-0.39, 0.29) is 15.1 Å². The van der Waals surface area contributed by atoms with Crippen molar-refractivity contribution in [1.82, 2.24) is 4.98 Å². The van der Waals surface area contributed by atoms with E-state index in [2.05, 4.69) is 4.98 Å². The van der Waals surface area contributed by atoms with E-state index in [4.69, 9.17) is 69.6 Å². The zero-order chi connectivity index (χ0) is 14.6. The van der Waals surface area contributed by atoms with Gasteiger partial charge >= 0.3 is 0 Å². The molecule has 20 heavy (non-hydrogen) atoms. The third-order valence-corrected chi connectivity index (χ3v) is 5.50. The van der Waals surface area contributed by atoms with E-state index >= 15 is 0 Å². The van der Waals surface area contributed by atoms with Crippen LogP contribution in [0.1, 0.15) is 0 Å². The van der Waals surface area contributed by atoms with Gasteiger partial charge in [-0.15, -0.1) is 0 Å². The summed E-state index contributed by atoms with van der Waals surface area (Å²) in [5.41, 5.74) is 0.964. The number of nitrogens with zero attached hydrogens (tertiary/aromatic N) is 1. The molecule has 0 atom stereocenters. The zero-order valence-corrected chi connectivity index (χ0v) is 14.0. The summed E-state index contributed by atoms with van der Waals surface area (Å²) >= 11 is 36.6. The first-order valence-electron chi connectivity index (χ1n) is 5.32. The van der Waals surface area contributed by atoms with Crippen molar-refractivity contribution >= 4 is 91.4 Å². The minimum atomic E-state index is 0.163. The molecule has 1 nitrogen and oxygen atoms in total. The molecule has 0 bridgehead atoms. The minimum Gasteiger partial charge on any atom is -0.244 e. The van der Waals surface area contributed by atoms with Crippen LogP contribution in [-0.2, 0) is 0 Å². The Labute approximate surface area is 144 Å². The van der Waals surface area contributed by atoms with Crippen molar-refractivity contribution in [2.24, 2.45) is 0 Å². The normalized spacial score (nSPS) is 11.5. The number of aromatic nitrogens is 1. The standard InChI is InChI=1S/C13H3Cl6N/c14-6-2-1-4-3-5-7(15)9(17)10(18)11(19)13(5)20-12(4)8(6)16/h1-3H. The van der Waals surface area contributed by atoms with Crippen LogP contribution in [0.25, 0.3) is 21.8 Å². The van der Waals surface area contributed by atoms with Gasteiger partial charge in [0.25, 0.3) is 0 Å². The van der Waals surface area contributed by atoms with Crippen LogP contribution in [0.5, 0.6) is 0 Å². The second kappa shape index (κ2) is 5.24. The fraction of sp³-hybridized carbons (Fsp3) is 0. The smallest absolute Gasteiger partial charge is 0.0927 e. The number of benzene rings is 2. The summed E-state index contributed by atoms with van der Waals surface area (Å²) in [5.74, 6) is 0. The number of hydrogen-bond acceptors (Lipinski definition) is 1. The molecule has 0 radical (unpaired) electrons. The Balaban J connectivity index is 2.58. The Hall–Kier alpha value is -0.150. The van der Waals surface area contributed by atoms with Crippen LogP contribution in [0.2, 0.25) is 30.1 Å². The molecule has 0 amide bonds. The first-order valence-corrected chi connectivity index (χ1v) is 7.59. The van der Waals surface area contributed by atoms with Crippen LogP contribution in [0.4, 0.5) is 0 Å². The molecule has 0 unspecified atom stereocenters. The van der Waals surface area contributed by atoms with E-state index in [1.807, 2.05) is 0 Å². The lowest BCUT2D eigenvalue weighted by molar-refractivity contribution is 1.50. The molecule has 0 aliphatic carbocycles. The summed E-state index contributed by atoms with van der Waals surface area (Å²) in [6, 6.07) is 5.28. The summed E-state index contributed by atoms with van der Waals surface area (Å²) < 4.78 is 0. The molecular weight excluding hydrogens is 383 g/mol. The first-order chi connectivity index (χ1) is 9.41. The molecule has 0 spiro atoms. The highest BCUT2D eigenvalue weighted by Crippen LogP contribution is 2.43. The second-order valence-corrected chi connectivity index (χ2v) is 6.37. The predicted octanol–water partition coefficient (Wildman–Crippen LogP) is 7.31. The maximum Gasteiger partial charge on any atom is 0.0927 e. The van der Waals surface area contributed by atoms with E-state index in [9.17, 15) is 0 Å². The molecule has 7 heteroatoms.